The van der Waals surface area contributed by atoms with Crippen LogP contribution in [0.25, 0.3) is 0 Å². The van der Waals surface area contributed by atoms with Crippen LogP contribution >= 0.6 is 34.2 Å². The predicted octanol–water partition coefficient (Wildman–Crippen LogP) is 4.56. The summed E-state index contributed by atoms with van der Waals surface area (Å²) in [5.74, 6) is -0.949. The summed E-state index contributed by atoms with van der Waals surface area (Å²) in [6.45, 7) is -3.34. The zero-order valence-electron chi connectivity index (χ0n) is 7.29. The molecule has 0 saturated carbocycles. The number of benzene rings is 1. The molecule has 0 radical (unpaired) electrons. The van der Waals surface area contributed by atoms with E-state index in [1.165, 1.54) is 22.6 Å². The summed E-state index contributed by atoms with van der Waals surface area (Å²) in [4.78, 5) is 0. The molecule has 0 fully saturated rings. The molecular formula is C8H3ClF5IO. The van der Waals surface area contributed by atoms with Crippen LogP contribution in [0.3, 0.4) is 0 Å². The van der Waals surface area contributed by atoms with Gasteiger partial charge in [0.15, 0.2) is 5.75 Å². The lowest BCUT2D eigenvalue weighted by Crippen LogP contribution is -2.13. The predicted molar refractivity (Wildman–Crippen MR) is 55.8 cm³/mol. The Morgan fingerprint density at radius 2 is 1.81 bits per heavy atom. The molecule has 0 spiro atoms. The van der Waals surface area contributed by atoms with Crippen molar-refractivity contribution in [3.8, 4) is 5.75 Å². The van der Waals surface area contributed by atoms with Gasteiger partial charge in [0.25, 0.3) is 0 Å². The van der Waals surface area contributed by atoms with E-state index in [0.29, 0.717) is 0 Å². The van der Waals surface area contributed by atoms with E-state index in [4.69, 9.17) is 11.6 Å². The van der Waals surface area contributed by atoms with Gasteiger partial charge in [-0.15, -0.1) is 0 Å². The van der Waals surface area contributed by atoms with E-state index in [1.807, 2.05) is 0 Å². The molecule has 0 N–H and O–H groups in total. The number of halogens is 7. The summed E-state index contributed by atoms with van der Waals surface area (Å²) in [5.41, 5.74) is -1.39. The molecule has 1 aromatic rings. The fourth-order valence-electron chi connectivity index (χ4n) is 1.00. The molecule has 0 unspecified atom stereocenters. The number of rotatable bonds is 2. The van der Waals surface area contributed by atoms with Crippen molar-refractivity contribution in [1.82, 2.24) is 0 Å². The summed E-state index contributed by atoms with van der Waals surface area (Å²) in [6, 6.07) is 2.14. The summed E-state index contributed by atoms with van der Waals surface area (Å²) >= 11 is 6.78. The number of ether oxygens (including phenoxy) is 1. The van der Waals surface area contributed by atoms with Crippen LogP contribution in [0.4, 0.5) is 22.0 Å². The van der Waals surface area contributed by atoms with Gasteiger partial charge in [0, 0.05) is 0 Å². The van der Waals surface area contributed by atoms with E-state index < -0.39 is 29.1 Å². The summed E-state index contributed by atoms with van der Waals surface area (Å²) < 4.78 is 65.3. The van der Waals surface area contributed by atoms with Crippen molar-refractivity contribution in [1.29, 1.82) is 0 Å². The normalized spacial score (nSPS) is 12.0. The van der Waals surface area contributed by atoms with E-state index in [-0.39, 0.29) is 3.57 Å². The fourth-order valence-corrected chi connectivity index (χ4v) is 1.83. The summed E-state index contributed by atoms with van der Waals surface area (Å²) in [6.07, 6.45) is -4.84. The Labute approximate surface area is 106 Å². The van der Waals surface area contributed by atoms with Crippen LogP contribution in [0.15, 0.2) is 12.1 Å². The van der Waals surface area contributed by atoms with Crippen LogP contribution in [0.2, 0.25) is 5.02 Å². The Morgan fingerprint density at radius 3 is 2.25 bits per heavy atom. The van der Waals surface area contributed by atoms with Crippen molar-refractivity contribution >= 4 is 34.2 Å². The lowest BCUT2D eigenvalue weighted by molar-refractivity contribution is -0.141. The molecule has 0 aliphatic carbocycles. The van der Waals surface area contributed by atoms with Crippen LogP contribution in [-0.2, 0) is 6.18 Å². The van der Waals surface area contributed by atoms with Gasteiger partial charge in [0.05, 0.1) is 8.59 Å². The van der Waals surface area contributed by atoms with Crippen molar-refractivity contribution in [3.63, 3.8) is 0 Å². The van der Waals surface area contributed by atoms with Crippen molar-refractivity contribution in [3.05, 3.63) is 26.3 Å². The van der Waals surface area contributed by atoms with Crippen molar-refractivity contribution in [2.45, 2.75) is 12.8 Å². The smallest absolute Gasteiger partial charge is 0.421 e. The minimum absolute atomic E-state index is 0.0883. The first-order valence-electron chi connectivity index (χ1n) is 3.73. The highest BCUT2D eigenvalue weighted by molar-refractivity contribution is 14.1. The maximum absolute atomic E-state index is 12.5. The Morgan fingerprint density at radius 1 is 1.25 bits per heavy atom. The van der Waals surface area contributed by atoms with E-state index in [1.54, 1.807) is 0 Å². The monoisotopic (exact) mass is 372 g/mol. The molecule has 0 aliphatic heterocycles. The minimum atomic E-state index is -4.84. The van der Waals surface area contributed by atoms with Crippen LogP contribution in [0.1, 0.15) is 5.56 Å². The Bertz CT molecular complexity index is 393. The van der Waals surface area contributed by atoms with Crippen LogP contribution in [0.5, 0.6) is 5.75 Å². The molecule has 1 aromatic carbocycles. The minimum Gasteiger partial charge on any atom is -0.433 e. The van der Waals surface area contributed by atoms with Crippen molar-refractivity contribution in [2.24, 2.45) is 0 Å². The zero-order chi connectivity index (χ0) is 12.5. The maximum atomic E-state index is 12.5. The van der Waals surface area contributed by atoms with Gasteiger partial charge in [0.2, 0.25) is 0 Å². The van der Waals surface area contributed by atoms with Crippen LogP contribution in [-0.4, -0.2) is 6.61 Å². The molecule has 90 valence electrons. The molecule has 0 atom stereocenters. The lowest BCUT2D eigenvalue weighted by Gasteiger charge is -2.16. The third-order valence-corrected chi connectivity index (χ3v) is 2.71. The molecular weight excluding hydrogens is 369 g/mol. The highest BCUT2D eigenvalue weighted by atomic mass is 127. The SMILES string of the molecule is FC(F)Oc1c(I)ccc(Cl)c1C(F)(F)F. The van der Waals surface area contributed by atoms with E-state index in [0.717, 1.165) is 12.1 Å². The molecule has 1 rings (SSSR count). The molecule has 16 heavy (non-hydrogen) atoms. The third kappa shape index (κ3) is 3.09. The Kier molecular flexibility index (Phi) is 4.22. The number of hydrogen-bond acceptors (Lipinski definition) is 1. The first-order valence-corrected chi connectivity index (χ1v) is 5.19. The van der Waals surface area contributed by atoms with E-state index >= 15 is 0 Å². The molecule has 8 heteroatoms. The second kappa shape index (κ2) is 4.91. The Balaban J connectivity index is 3.37. The average Bonchev–Trinajstić information content (AvgIpc) is 2.08. The molecule has 0 bridgehead atoms. The highest BCUT2D eigenvalue weighted by Crippen LogP contribution is 2.43. The van der Waals surface area contributed by atoms with Gasteiger partial charge in [0.1, 0.15) is 5.56 Å². The standard InChI is InChI=1S/C8H3ClF5IO/c9-3-1-2-4(15)6(16-7(10)11)5(3)8(12,13)14/h1-2,7H. The van der Waals surface area contributed by atoms with Gasteiger partial charge in [-0.1, -0.05) is 11.6 Å². The van der Waals surface area contributed by atoms with Crippen molar-refractivity contribution < 1.29 is 26.7 Å². The first-order chi connectivity index (χ1) is 7.23. The molecule has 0 heterocycles. The fraction of sp³-hybridized carbons (Fsp3) is 0.250. The molecule has 0 aromatic heterocycles. The summed E-state index contributed by atoms with van der Waals surface area (Å²) in [7, 11) is 0. The van der Waals surface area contributed by atoms with Gasteiger partial charge in [-0.25, -0.2) is 0 Å². The topological polar surface area (TPSA) is 9.23 Å². The zero-order valence-corrected chi connectivity index (χ0v) is 10.2. The molecule has 0 amide bonds. The van der Waals surface area contributed by atoms with Gasteiger partial charge >= 0.3 is 12.8 Å². The molecule has 0 saturated heterocycles. The molecule has 1 nitrogen and oxygen atoms in total. The highest BCUT2D eigenvalue weighted by Gasteiger charge is 2.38. The van der Waals surface area contributed by atoms with Crippen LogP contribution < -0.4 is 4.74 Å². The maximum Gasteiger partial charge on any atom is 0.421 e. The number of alkyl halides is 5. The second-order valence-corrected chi connectivity index (χ2v) is 4.18. The van der Waals surface area contributed by atoms with E-state index in [2.05, 4.69) is 4.74 Å². The third-order valence-electron chi connectivity index (χ3n) is 1.55. The lowest BCUT2D eigenvalue weighted by atomic mass is 10.2. The quantitative estimate of drug-likeness (QED) is 0.546. The van der Waals surface area contributed by atoms with Crippen molar-refractivity contribution in [2.75, 3.05) is 0 Å². The second-order valence-electron chi connectivity index (χ2n) is 2.61. The van der Waals surface area contributed by atoms with Gasteiger partial charge in [-0.3, -0.25) is 0 Å². The first kappa shape index (κ1) is 13.8. The largest absolute Gasteiger partial charge is 0.433 e. The average molecular weight is 372 g/mol. The van der Waals surface area contributed by atoms with Gasteiger partial charge < -0.3 is 4.74 Å². The van der Waals surface area contributed by atoms with Gasteiger partial charge in [-0.05, 0) is 34.7 Å². The Hall–Kier alpha value is -0.310. The van der Waals surface area contributed by atoms with E-state index in [9.17, 15) is 22.0 Å². The van der Waals surface area contributed by atoms with Crippen LogP contribution in [0, 0.1) is 3.57 Å². The molecule has 0 aliphatic rings. The number of hydrogen-bond donors (Lipinski definition) is 0. The summed E-state index contributed by atoms with van der Waals surface area (Å²) in [5, 5.41) is -0.677. The van der Waals surface area contributed by atoms with Gasteiger partial charge in [-0.2, -0.15) is 22.0 Å².